The Morgan fingerprint density at radius 3 is 2.00 bits per heavy atom. The summed E-state index contributed by atoms with van der Waals surface area (Å²) in [6.07, 6.45) is -0.387. The Bertz CT molecular complexity index is 184. The third-order valence-electron chi connectivity index (χ3n) is 3.11. The first-order valence-corrected chi connectivity index (χ1v) is 4.97. The van der Waals surface area contributed by atoms with Crippen LogP contribution in [0.4, 0.5) is 0 Å². The second-order valence-electron chi connectivity index (χ2n) is 4.20. The Balaban J connectivity index is 2.57. The van der Waals surface area contributed by atoms with E-state index in [0.717, 1.165) is 6.32 Å². The maximum absolute atomic E-state index is 5.87. The Labute approximate surface area is 95.5 Å². The lowest BCUT2D eigenvalue weighted by atomic mass is 8.57. The number of nitrogens with two attached hydrogens (primary N) is 1. The summed E-state index contributed by atoms with van der Waals surface area (Å²) in [7, 11) is 28.3. The number of hydrogen-bond acceptors (Lipinski definition) is 1. The van der Waals surface area contributed by atoms with E-state index in [-0.39, 0.29) is 12.8 Å². The molecule has 0 saturated carbocycles. The van der Waals surface area contributed by atoms with E-state index in [1.165, 1.54) is 0 Å². The molecule has 1 atom stereocenters. The van der Waals surface area contributed by atoms with Crippen LogP contribution in [-0.2, 0) is 0 Å². The minimum absolute atomic E-state index is 0.0245. The smallest absolute Gasteiger partial charge is 0.0944 e. The normalized spacial score (nSPS) is 18.9. The van der Waals surface area contributed by atoms with Crippen LogP contribution in [0.25, 0.3) is 0 Å². The van der Waals surface area contributed by atoms with Gasteiger partial charge in [-0.25, -0.2) is 0 Å². The molecule has 1 fully saturated rings. The molecule has 1 nitrogen and oxygen atoms in total. The highest BCUT2D eigenvalue weighted by atomic mass is 14.5. The lowest BCUT2D eigenvalue weighted by molar-refractivity contribution is 1.01. The monoisotopic (exact) mass is 167 g/mol. The maximum Gasteiger partial charge on any atom is 0.0944 e. The summed E-state index contributed by atoms with van der Waals surface area (Å²) in [5.41, 5.74) is 5.55. The van der Waals surface area contributed by atoms with Gasteiger partial charge in [-0.2, -0.15) is 0 Å². The average molecular weight is 165 g/mol. The zero-order valence-electron chi connectivity index (χ0n) is 8.34. The van der Waals surface area contributed by atoms with Gasteiger partial charge < -0.3 is 5.73 Å². The van der Waals surface area contributed by atoms with Crippen molar-refractivity contribution in [3.05, 3.63) is 0 Å². The molecule has 1 rings (SSSR count). The summed E-state index contributed by atoms with van der Waals surface area (Å²) in [4.78, 5) is 0. The topological polar surface area (TPSA) is 26.0 Å². The molecular weight excluding hydrogens is 158 g/mol. The highest BCUT2D eigenvalue weighted by Gasteiger charge is 2.48. The molecule has 0 aromatic heterocycles. The highest BCUT2D eigenvalue weighted by molar-refractivity contribution is 8.01. The van der Waals surface area contributed by atoms with Gasteiger partial charge in [0.15, 0.2) is 0 Å². The van der Waals surface area contributed by atoms with Crippen molar-refractivity contribution in [1.82, 2.24) is 0 Å². The van der Waals surface area contributed by atoms with Gasteiger partial charge in [0, 0.05) is 64.2 Å². The third kappa shape index (κ3) is 2.81. The van der Waals surface area contributed by atoms with Crippen LogP contribution in [0.3, 0.4) is 0 Å². The van der Waals surface area contributed by atoms with Gasteiger partial charge in [-0.15, -0.1) is 0 Å². The number of rotatable bonds is 5. The lowest BCUT2D eigenvalue weighted by Crippen LogP contribution is -2.63. The Hall–Kier alpha value is 0.609. The average Bonchev–Trinajstić information content (AvgIpc) is 2.83. The molecule has 1 saturated heterocycles. The van der Waals surface area contributed by atoms with Crippen molar-refractivity contribution in [3.63, 3.8) is 0 Å². The van der Waals surface area contributed by atoms with E-state index < -0.39 is 12.8 Å². The molecule has 0 amide bonds. The second-order valence-corrected chi connectivity index (χ2v) is 4.20. The first-order chi connectivity index (χ1) is 6.49. The fraction of sp³-hybridized carbons (Fsp3) is 1.00. The van der Waals surface area contributed by atoms with Crippen LogP contribution < -0.4 is 5.73 Å². The quantitative estimate of drug-likeness (QED) is 0.419. The van der Waals surface area contributed by atoms with Crippen LogP contribution in [0.15, 0.2) is 0 Å². The van der Waals surface area contributed by atoms with E-state index >= 15 is 0 Å². The molecule has 54 valence electrons. The molecule has 1 aliphatic heterocycles. The minimum atomic E-state index is -0.575. The van der Waals surface area contributed by atoms with Crippen molar-refractivity contribution < 1.29 is 0 Å². The van der Waals surface area contributed by atoms with Crippen LogP contribution in [-0.4, -0.2) is 77.4 Å². The summed E-state index contributed by atoms with van der Waals surface area (Å²) in [6, 6.07) is 0. The van der Waals surface area contributed by atoms with Gasteiger partial charge in [-0.1, -0.05) is 12.1 Å². The van der Waals surface area contributed by atoms with E-state index in [2.05, 4.69) is 0 Å². The van der Waals surface area contributed by atoms with E-state index in [1.54, 1.807) is 0 Å². The predicted molar refractivity (Wildman–Crippen MR) is 75.2 cm³/mol. The van der Waals surface area contributed by atoms with E-state index in [4.69, 9.17) is 44.4 Å². The standard InChI is InChI=1S/C3H7B10N/c4-10(5)12(8)13(11(6)7)9-1-3(9)2-14/h3H,1-2,14H2. The predicted octanol–water partition coefficient (Wildman–Crippen LogP) is -3.56. The summed E-state index contributed by atoms with van der Waals surface area (Å²) >= 11 is 0. The third-order valence-corrected chi connectivity index (χ3v) is 3.11. The molecule has 1 heterocycles. The lowest BCUT2D eigenvalue weighted by Gasteiger charge is -2.25. The largest absolute Gasteiger partial charge is 0.331 e. The SMILES string of the molecule is [B]B([B])B([B])B(B([B])[B])B1CC1CN. The number of hydrogen-bond donors (Lipinski definition) is 1. The zero-order chi connectivity index (χ0) is 10.9. The van der Waals surface area contributed by atoms with Crippen LogP contribution in [0.1, 0.15) is 0 Å². The molecule has 0 aliphatic carbocycles. The Morgan fingerprint density at radius 2 is 1.71 bits per heavy atom. The molecule has 0 bridgehead atoms. The van der Waals surface area contributed by atoms with Crippen molar-refractivity contribution >= 4 is 70.8 Å². The maximum atomic E-state index is 5.87. The van der Waals surface area contributed by atoms with Crippen LogP contribution in [0, 0.1) is 0 Å². The van der Waals surface area contributed by atoms with Gasteiger partial charge in [-0.3, -0.25) is 0 Å². The molecule has 11 heteroatoms. The van der Waals surface area contributed by atoms with Crippen LogP contribution in [0.2, 0.25) is 12.1 Å². The molecule has 1 aliphatic rings. The van der Waals surface area contributed by atoms with Gasteiger partial charge in [0.25, 0.3) is 0 Å². The van der Waals surface area contributed by atoms with Gasteiger partial charge >= 0.3 is 0 Å². The van der Waals surface area contributed by atoms with Gasteiger partial charge in [-0.05, 0) is 6.54 Å². The van der Waals surface area contributed by atoms with Gasteiger partial charge in [0.2, 0.25) is 0 Å². The fourth-order valence-electron chi connectivity index (χ4n) is 2.10. The van der Waals surface area contributed by atoms with Gasteiger partial charge in [0.1, 0.15) is 0 Å². The molecule has 14 heavy (non-hydrogen) atoms. The molecule has 0 aromatic carbocycles. The Morgan fingerprint density at radius 1 is 1.14 bits per heavy atom. The van der Waals surface area contributed by atoms with E-state index in [9.17, 15) is 0 Å². The first-order valence-electron chi connectivity index (χ1n) is 4.97. The minimum Gasteiger partial charge on any atom is -0.331 e. The van der Waals surface area contributed by atoms with Crippen molar-refractivity contribution in [2.24, 2.45) is 5.73 Å². The summed E-state index contributed by atoms with van der Waals surface area (Å²) in [5, 5.41) is 0. The summed E-state index contributed by atoms with van der Waals surface area (Å²) in [5.74, 6) is 0.486. The van der Waals surface area contributed by atoms with Crippen LogP contribution >= 0.6 is 0 Å². The molecule has 0 spiro atoms. The first kappa shape index (κ1) is 12.7. The summed E-state index contributed by atoms with van der Waals surface area (Å²) < 4.78 is 0. The van der Waals surface area contributed by atoms with E-state index in [0.29, 0.717) is 19.0 Å². The van der Waals surface area contributed by atoms with Crippen molar-refractivity contribution in [3.8, 4) is 0 Å². The van der Waals surface area contributed by atoms with Gasteiger partial charge in [0.05, 0.1) is 6.60 Å². The zero-order valence-corrected chi connectivity index (χ0v) is 8.34. The molecule has 0 aromatic rings. The highest BCUT2D eigenvalue weighted by Crippen LogP contribution is 2.37. The van der Waals surface area contributed by atoms with Crippen molar-refractivity contribution in [1.29, 1.82) is 0 Å². The van der Waals surface area contributed by atoms with Crippen molar-refractivity contribution in [2.75, 3.05) is 6.54 Å². The molecular formula is C3H7B10N. The van der Waals surface area contributed by atoms with Crippen molar-refractivity contribution in [2.45, 2.75) is 12.1 Å². The van der Waals surface area contributed by atoms with E-state index in [1.807, 2.05) is 0 Å². The molecule has 10 radical (unpaired) electrons. The fourth-order valence-corrected chi connectivity index (χ4v) is 2.10. The summed E-state index contributed by atoms with van der Waals surface area (Å²) in [6.45, 7) is 1.05. The Kier molecular flexibility index (Phi) is 4.61. The second kappa shape index (κ2) is 5.09. The molecule has 1 unspecified atom stereocenters. The van der Waals surface area contributed by atoms with Crippen LogP contribution in [0.5, 0.6) is 0 Å². The molecule has 2 N–H and O–H groups in total.